The van der Waals surface area contributed by atoms with Crippen LogP contribution in [0.25, 0.3) is 0 Å². The number of rotatable bonds is 8. The first kappa shape index (κ1) is 34.8. The Labute approximate surface area is 308 Å². The van der Waals surface area contributed by atoms with E-state index in [1.54, 1.807) is 24.3 Å². The molecule has 2 bridgehead atoms. The van der Waals surface area contributed by atoms with E-state index in [0.717, 1.165) is 0 Å². The number of ketones is 1. The largest absolute Gasteiger partial charge is 0.497 e. The third kappa shape index (κ3) is 4.93. The fourth-order valence-corrected chi connectivity index (χ4v) is 9.22. The third-order valence-corrected chi connectivity index (χ3v) is 13.0. The molecule has 1 saturated heterocycles. The molecule has 1 aliphatic heterocycles. The summed E-state index contributed by atoms with van der Waals surface area (Å²) in [4.78, 5) is 64.2. The van der Waals surface area contributed by atoms with Gasteiger partial charge in [-0.25, -0.2) is 9.80 Å². The van der Waals surface area contributed by atoms with Gasteiger partial charge in [-0.1, -0.05) is 76.2 Å². The summed E-state index contributed by atoms with van der Waals surface area (Å²) in [5.41, 5.74) is 0.160. The van der Waals surface area contributed by atoms with Crippen molar-refractivity contribution in [3.05, 3.63) is 105 Å². The molecular weight excluding hydrogens is 773 g/mol. The second-order valence-corrected chi connectivity index (χ2v) is 14.7. The van der Waals surface area contributed by atoms with E-state index in [-0.39, 0.29) is 37.5 Å². The Bertz CT molecular complexity index is 1910. The summed E-state index contributed by atoms with van der Waals surface area (Å²) in [5.74, 6) is -6.95. The SMILES string of the molecule is COc1cccc(C(=O)Oc2ccc(C(=O)CN(C(=O)c3ccccc3Cl)N3C(=O)[C@H]4[C@H](C3=O)[C@@]3(Cl)C(Cl)=C(Cl)[C@@]4(Cl)C3(Cl)Cl)cc2)c1. The van der Waals surface area contributed by atoms with Crippen molar-refractivity contribution in [3.63, 3.8) is 0 Å². The molecule has 1 heterocycles. The first-order valence-corrected chi connectivity index (χ1v) is 16.5. The van der Waals surface area contributed by atoms with Crippen molar-refractivity contribution >= 4 is 111 Å². The average Bonchev–Trinajstić information content (AvgIpc) is 3.46. The van der Waals surface area contributed by atoms with Crippen LogP contribution in [0.1, 0.15) is 31.1 Å². The number of alkyl halides is 4. The number of esters is 1. The van der Waals surface area contributed by atoms with Gasteiger partial charge in [0.1, 0.15) is 27.8 Å². The lowest BCUT2D eigenvalue weighted by atomic mass is 9.84. The standard InChI is InChI=1S/C32H19Cl7N2O7/c1-47-18-6-4-5-16(13-18)29(46)48-17-11-9-15(10-12-17)21(42)14-40(26(43)19-7-2-3-8-20(19)33)41-27(44)22-23(28(41)45)31(37)25(35)24(34)30(22,36)32(31,38)39/h2-13,22-23H,14H2,1H3/t22-,23-,30-,31-/m1/s1. The first-order chi connectivity index (χ1) is 22.6. The molecule has 0 aromatic heterocycles. The number of halogens is 7. The first-order valence-electron chi connectivity index (χ1n) is 13.9. The summed E-state index contributed by atoms with van der Waals surface area (Å²) in [6, 6.07) is 17.6. The van der Waals surface area contributed by atoms with Crippen molar-refractivity contribution in [2.45, 2.75) is 14.1 Å². The van der Waals surface area contributed by atoms with E-state index < -0.39 is 61.9 Å². The molecule has 3 aromatic rings. The van der Waals surface area contributed by atoms with E-state index in [9.17, 15) is 24.0 Å². The summed E-state index contributed by atoms with van der Waals surface area (Å²) < 4.78 is 8.33. The van der Waals surface area contributed by atoms with Gasteiger partial charge in [-0.15, -0.1) is 23.2 Å². The Morgan fingerprint density at radius 3 is 1.92 bits per heavy atom. The van der Waals surface area contributed by atoms with Gasteiger partial charge in [-0.3, -0.25) is 19.2 Å². The van der Waals surface area contributed by atoms with Gasteiger partial charge in [0.2, 0.25) is 0 Å². The summed E-state index contributed by atoms with van der Waals surface area (Å²) >= 11 is 45.9. The number of imide groups is 1. The van der Waals surface area contributed by atoms with Crippen LogP contribution in [0.2, 0.25) is 5.02 Å². The lowest BCUT2D eigenvalue weighted by Crippen LogP contribution is -2.56. The Morgan fingerprint density at radius 2 is 1.35 bits per heavy atom. The van der Waals surface area contributed by atoms with Crippen LogP contribution in [0, 0.1) is 11.8 Å². The molecule has 0 radical (unpaired) electrons. The summed E-state index contributed by atoms with van der Waals surface area (Å²) in [6.07, 6.45) is 0. The van der Waals surface area contributed by atoms with Gasteiger partial charge in [0, 0.05) is 5.56 Å². The highest BCUT2D eigenvalue weighted by atomic mass is 35.5. The molecule has 6 rings (SSSR count). The minimum absolute atomic E-state index is 0.0163. The predicted molar refractivity (Wildman–Crippen MR) is 180 cm³/mol. The minimum atomic E-state index is -2.20. The average molecular weight is 792 g/mol. The lowest BCUT2D eigenvalue weighted by molar-refractivity contribution is -0.154. The van der Waals surface area contributed by atoms with E-state index in [0.29, 0.717) is 15.8 Å². The Kier molecular flexibility index (Phi) is 8.99. The normalized spacial score (nSPS) is 25.3. The lowest BCUT2D eigenvalue weighted by Gasteiger charge is -2.36. The Balaban J connectivity index is 1.31. The number of allylic oxidation sites excluding steroid dienone is 2. The number of fused-ring (bicyclic) bond motifs is 5. The molecule has 4 atom stereocenters. The van der Waals surface area contributed by atoms with Crippen molar-refractivity contribution in [1.82, 2.24) is 10.0 Å². The van der Waals surface area contributed by atoms with Crippen LogP contribution in [0.15, 0.2) is 82.9 Å². The second-order valence-electron chi connectivity index (χ2n) is 11.0. The van der Waals surface area contributed by atoms with E-state index in [1.165, 1.54) is 55.6 Å². The Morgan fingerprint density at radius 1 is 0.771 bits per heavy atom. The van der Waals surface area contributed by atoms with Crippen molar-refractivity contribution in [2.24, 2.45) is 11.8 Å². The molecule has 3 amide bonds. The number of carbonyl (C=O) groups is 5. The third-order valence-electron chi connectivity index (χ3n) is 8.45. The number of carbonyl (C=O) groups excluding carboxylic acids is 5. The summed E-state index contributed by atoms with van der Waals surface area (Å²) in [6.45, 7) is -0.823. The van der Waals surface area contributed by atoms with Gasteiger partial charge in [-0.05, 0) is 54.6 Å². The molecule has 3 aromatic carbocycles. The molecule has 3 aliphatic rings. The number of benzene rings is 3. The minimum Gasteiger partial charge on any atom is -0.497 e. The molecule has 248 valence electrons. The number of hydrazine groups is 1. The van der Waals surface area contributed by atoms with Gasteiger partial charge < -0.3 is 9.47 Å². The number of amides is 3. The van der Waals surface area contributed by atoms with Gasteiger partial charge in [-0.2, -0.15) is 5.01 Å². The molecule has 2 fully saturated rings. The zero-order valence-electron chi connectivity index (χ0n) is 24.2. The van der Waals surface area contributed by atoms with Crippen molar-refractivity contribution in [2.75, 3.05) is 13.7 Å². The number of hydrogen-bond donors (Lipinski definition) is 0. The van der Waals surface area contributed by atoms with Gasteiger partial charge in [0.25, 0.3) is 17.7 Å². The number of hydrogen-bond acceptors (Lipinski definition) is 7. The number of Topliss-reactive ketones (excluding diaryl/α,β-unsaturated/α-hetero) is 1. The molecule has 48 heavy (non-hydrogen) atoms. The van der Waals surface area contributed by atoms with Crippen LogP contribution < -0.4 is 9.47 Å². The smallest absolute Gasteiger partial charge is 0.343 e. The number of ether oxygens (including phenoxy) is 2. The highest BCUT2D eigenvalue weighted by molar-refractivity contribution is 6.66. The second kappa shape index (κ2) is 12.4. The molecule has 0 spiro atoms. The van der Waals surface area contributed by atoms with Crippen molar-refractivity contribution in [3.8, 4) is 11.5 Å². The molecule has 1 saturated carbocycles. The van der Waals surface area contributed by atoms with Gasteiger partial charge in [0.05, 0.1) is 45.2 Å². The maximum Gasteiger partial charge on any atom is 0.343 e. The number of methoxy groups -OCH3 is 1. The molecular formula is C32H19Cl7N2O7. The Hall–Kier alpha value is -3.02. The highest BCUT2D eigenvalue weighted by Crippen LogP contribution is 2.77. The van der Waals surface area contributed by atoms with E-state index >= 15 is 0 Å². The quantitative estimate of drug-likeness (QED) is 0.0778. The monoisotopic (exact) mass is 788 g/mol. The predicted octanol–water partition coefficient (Wildman–Crippen LogP) is 7.25. The maximum absolute atomic E-state index is 14.1. The number of nitrogens with zero attached hydrogens (tertiary/aromatic N) is 2. The van der Waals surface area contributed by atoms with Crippen LogP contribution >= 0.6 is 81.2 Å². The zero-order valence-corrected chi connectivity index (χ0v) is 29.5. The van der Waals surface area contributed by atoms with E-state index in [1.807, 2.05) is 0 Å². The fourth-order valence-electron chi connectivity index (χ4n) is 6.08. The topological polar surface area (TPSA) is 110 Å². The van der Waals surface area contributed by atoms with Crippen LogP contribution in [0.5, 0.6) is 11.5 Å². The van der Waals surface area contributed by atoms with Crippen molar-refractivity contribution in [1.29, 1.82) is 0 Å². The maximum atomic E-state index is 14.1. The van der Waals surface area contributed by atoms with Gasteiger partial charge >= 0.3 is 5.97 Å². The molecule has 0 N–H and O–H groups in total. The van der Waals surface area contributed by atoms with Crippen LogP contribution in [0.3, 0.4) is 0 Å². The van der Waals surface area contributed by atoms with Crippen LogP contribution in [0.4, 0.5) is 0 Å². The molecule has 16 heteroatoms. The van der Waals surface area contributed by atoms with Crippen LogP contribution in [-0.2, 0) is 9.59 Å². The zero-order chi connectivity index (χ0) is 34.9. The molecule has 2 aliphatic carbocycles. The fraction of sp³-hybridized carbons (Fsp3) is 0.219. The van der Waals surface area contributed by atoms with Crippen LogP contribution in [-0.4, -0.2) is 67.2 Å². The highest BCUT2D eigenvalue weighted by Gasteiger charge is 2.88. The van der Waals surface area contributed by atoms with Crippen molar-refractivity contribution < 1.29 is 33.4 Å². The van der Waals surface area contributed by atoms with E-state index in [2.05, 4.69) is 0 Å². The molecule has 0 unspecified atom stereocenters. The van der Waals surface area contributed by atoms with Gasteiger partial charge in [0.15, 0.2) is 10.1 Å². The van der Waals surface area contributed by atoms with E-state index in [4.69, 9.17) is 90.7 Å². The molecule has 9 nitrogen and oxygen atoms in total. The summed E-state index contributed by atoms with van der Waals surface area (Å²) in [7, 11) is 1.46. The summed E-state index contributed by atoms with van der Waals surface area (Å²) in [5, 5.41) is 0.483.